The van der Waals surface area contributed by atoms with Gasteiger partial charge < -0.3 is 9.88 Å². The number of rotatable bonds is 9. The van der Waals surface area contributed by atoms with E-state index in [9.17, 15) is 14.4 Å². The van der Waals surface area contributed by atoms with Crippen molar-refractivity contribution < 1.29 is 4.79 Å². The maximum atomic E-state index is 13.2. The van der Waals surface area contributed by atoms with Crippen LogP contribution in [0.5, 0.6) is 0 Å². The van der Waals surface area contributed by atoms with Crippen molar-refractivity contribution in [1.29, 1.82) is 0 Å². The molecule has 2 aromatic heterocycles. The van der Waals surface area contributed by atoms with Crippen LogP contribution in [0.15, 0.2) is 34.1 Å². The number of benzene rings is 1. The summed E-state index contributed by atoms with van der Waals surface area (Å²) >= 11 is 6.19. The van der Waals surface area contributed by atoms with Crippen LogP contribution in [-0.4, -0.2) is 24.6 Å². The van der Waals surface area contributed by atoms with Crippen molar-refractivity contribution in [3.63, 3.8) is 0 Å². The van der Waals surface area contributed by atoms with E-state index in [2.05, 4.69) is 17.2 Å². The molecule has 0 saturated carbocycles. The molecule has 1 aromatic carbocycles. The molecule has 0 bridgehead atoms. The fourth-order valence-electron chi connectivity index (χ4n) is 3.45. The van der Waals surface area contributed by atoms with Gasteiger partial charge in [0, 0.05) is 13.1 Å². The minimum atomic E-state index is -0.531. The van der Waals surface area contributed by atoms with Crippen LogP contribution in [0.4, 0.5) is 5.69 Å². The van der Waals surface area contributed by atoms with E-state index in [1.165, 1.54) is 4.57 Å². The van der Waals surface area contributed by atoms with E-state index >= 15 is 0 Å². The number of unbranched alkanes of at least 4 members (excludes halogenated alkanes) is 2. The van der Waals surface area contributed by atoms with Gasteiger partial charge in [-0.3, -0.25) is 14.2 Å². The molecule has 0 aliphatic rings. The second kappa shape index (κ2) is 9.96. The van der Waals surface area contributed by atoms with E-state index in [1.54, 1.807) is 23.0 Å². The topological polar surface area (TPSA) is 90.9 Å². The second-order valence-electron chi connectivity index (χ2n) is 7.67. The Morgan fingerprint density at radius 3 is 2.48 bits per heavy atom. The molecule has 2 heterocycles. The molecule has 8 nitrogen and oxygen atoms in total. The predicted molar refractivity (Wildman–Crippen MR) is 123 cm³/mol. The summed E-state index contributed by atoms with van der Waals surface area (Å²) in [7, 11) is 0. The Balaban J connectivity index is 2.02. The van der Waals surface area contributed by atoms with Crippen LogP contribution in [0, 0.1) is 6.92 Å². The highest BCUT2D eigenvalue weighted by Gasteiger charge is 2.19. The van der Waals surface area contributed by atoms with Gasteiger partial charge >= 0.3 is 5.69 Å². The Hall–Kier alpha value is -2.87. The highest BCUT2D eigenvalue weighted by atomic mass is 35.5. The molecule has 31 heavy (non-hydrogen) atoms. The highest BCUT2D eigenvalue weighted by Crippen LogP contribution is 2.22. The zero-order valence-electron chi connectivity index (χ0n) is 18.2. The lowest BCUT2D eigenvalue weighted by Crippen LogP contribution is -2.43. The number of amides is 1. The fraction of sp³-hybridized carbons (Fsp3) is 0.455. The first-order valence-electron chi connectivity index (χ1n) is 10.6. The number of imidazole rings is 1. The zero-order chi connectivity index (χ0) is 22.5. The highest BCUT2D eigenvalue weighted by molar-refractivity contribution is 6.33. The lowest BCUT2D eigenvalue weighted by atomic mass is 10.2. The Labute approximate surface area is 185 Å². The zero-order valence-corrected chi connectivity index (χ0v) is 18.9. The van der Waals surface area contributed by atoms with Crippen LogP contribution in [0.2, 0.25) is 5.02 Å². The lowest BCUT2D eigenvalue weighted by molar-refractivity contribution is -0.116. The minimum Gasteiger partial charge on any atom is -0.325 e. The molecule has 0 atom stereocenters. The van der Waals surface area contributed by atoms with E-state index in [0.29, 0.717) is 35.0 Å². The van der Waals surface area contributed by atoms with Crippen LogP contribution in [-0.2, 0) is 24.4 Å². The first-order chi connectivity index (χ1) is 14.9. The number of nitrogens with one attached hydrogen (secondary N) is 1. The average Bonchev–Trinajstić information content (AvgIpc) is 3.15. The number of aryl methyl sites for hydroxylation is 3. The first kappa shape index (κ1) is 22.8. The fourth-order valence-corrected chi connectivity index (χ4v) is 3.73. The van der Waals surface area contributed by atoms with Crippen LogP contribution >= 0.6 is 11.6 Å². The van der Waals surface area contributed by atoms with Gasteiger partial charge in [0.25, 0.3) is 5.56 Å². The van der Waals surface area contributed by atoms with Gasteiger partial charge in [0.05, 0.1) is 17.0 Å². The van der Waals surface area contributed by atoms with E-state index < -0.39 is 23.7 Å². The third-order valence-electron chi connectivity index (χ3n) is 5.17. The van der Waals surface area contributed by atoms with Crippen LogP contribution in [0.25, 0.3) is 11.2 Å². The van der Waals surface area contributed by atoms with E-state index in [1.807, 2.05) is 19.9 Å². The Bertz CT molecular complexity index is 1210. The molecule has 1 N–H and O–H groups in total. The summed E-state index contributed by atoms with van der Waals surface area (Å²) in [5.41, 5.74) is 1.08. The molecule has 9 heteroatoms. The van der Waals surface area contributed by atoms with Crippen molar-refractivity contribution >= 4 is 34.4 Å². The van der Waals surface area contributed by atoms with E-state index in [-0.39, 0.29) is 0 Å². The lowest BCUT2D eigenvalue weighted by Gasteiger charge is -2.13. The third kappa shape index (κ3) is 4.90. The summed E-state index contributed by atoms with van der Waals surface area (Å²) < 4.78 is 4.25. The Morgan fingerprint density at radius 1 is 1.10 bits per heavy atom. The molecule has 0 aliphatic carbocycles. The van der Waals surface area contributed by atoms with Crippen LogP contribution in [0.3, 0.4) is 0 Å². The van der Waals surface area contributed by atoms with E-state index in [0.717, 1.165) is 35.8 Å². The Morgan fingerprint density at radius 2 is 1.81 bits per heavy atom. The number of carbonyl (C=O) groups is 1. The van der Waals surface area contributed by atoms with Gasteiger partial charge in [-0.2, -0.15) is 0 Å². The molecule has 1 amide bonds. The second-order valence-corrected chi connectivity index (χ2v) is 8.08. The van der Waals surface area contributed by atoms with Crippen molar-refractivity contribution in [3.8, 4) is 0 Å². The van der Waals surface area contributed by atoms with Gasteiger partial charge in [-0.25, -0.2) is 14.3 Å². The quantitative estimate of drug-likeness (QED) is 0.545. The molecule has 0 radical (unpaired) electrons. The summed E-state index contributed by atoms with van der Waals surface area (Å²) in [5.74, 6) is -0.494. The summed E-state index contributed by atoms with van der Waals surface area (Å²) in [6.45, 7) is 6.64. The van der Waals surface area contributed by atoms with Gasteiger partial charge in [-0.05, 0) is 37.5 Å². The number of anilines is 1. The molecule has 0 fully saturated rings. The maximum absolute atomic E-state index is 13.2. The molecule has 0 saturated heterocycles. The van der Waals surface area contributed by atoms with Crippen molar-refractivity contribution in [2.75, 3.05) is 5.32 Å². The third-order valence-corrected chi connectivity index (χ3v) is 5.48. The smallest absolute Gasteiger partial charge is 0.325 e. The monoisotopic (exact) mass is 445 g/mol. The molecule has 0 aliphatic heterocycles. The molecular formula is C22H28ClN5O3. The minimum absolute atomic E-state index is 0.352. The van der Waals surface area contributed by atoms with Crippen molar-refractivity contribution in [3.05, 3.63) is 56.0 Å². The number of carbonyl (C=O) groups excluding carboxylic acids is 1. The predicted octanol–water partition coefficient (Wildman–Crippen LogP) is 3.56. The molecule has 0 unspecified atom stereocenters. The van der Waals surface area contributed by atoms with Crippen molar-refractivity contribution in [1.82, 2.24) is 18.7 Å². The first-order valence-corrected chi connectivity index (χ1v) is 11.0. The number of halogens is 1. The van der Waals surface area contributed by atoms with Crippen LogP contribution < -0.4 is 16.6 Å². The molecule has 3 rings (SSSR count). The van der Waals surface area contributed by atoms with Crippen molar-refractivity contribution in [2.24, 2.45) is 0 Å². The molecule has 166 valence electrons. The standard InChI is InChI=1S/C22H28ClN5O3/c1-4-6-10-26-14-24-20-19(26)21(30)28(22(31)27(20)11-7-5-2)13-18(29)25-17-9-8-15(3)12-16(17)23/h8-9,12,14H,4-7,10-11,13H2,1-3H3,(H,25,29). The van der Waals surface area contributed by atoms with E-state index in [4.69, 9.17) is 11.6 Å². The summed E-state index contributed by atoms with van der Waals surface area (Å²) in [5, 5.41) is 3.09. The van der Waals surface area contributed by atoms with Crippen LogP contribution in [0.1, 0.15) is 45.1 Å². The Kier molecular flexibility index (Phi) is 7.33. The molecule has 0 spiro atoms. The van der Waals surface area contributed by atoms with Gasteiger partial charge in [-0.1, -0.05) is 44.4 Å². The summed E-state index contributed by atoms with van der Waals surface area (Å²) in [6, 6.07) is 5.25. The van der Waals surface area contributed by atoms with Crippen molar-refractivity contribution in [2.45, 2.75) is 66.1 Å². The molecular weight excluding hydrogens is 418 g/mol. The number of fused-ring (bicyclic) bond motifs is 1. The SMILES string of the molecule is CCCCn1cnc2c1c(=O)n(CC(=O)Nc1ccc(C)cc1Cl)c(=O)n2CCCC. The number of hydrogen-bond acceptors (Lipinski definition) is 4. The van der Waals surface area contributed by atoms with Gasteiger partial charge in [-0.15, -0.1) is 0 Å². The van der Waals surface area contributed by atoms with Gasteiger partial charge in [0.2, 0.25) is 5.91 Å². The van der Waals surface area contributed by atoms with Gasteiger partial charge in [0.15, 0.2) is 11.2 Å². The number of hydrogen-bond donors (Lipinski definition) is 1. The van der Waals surface area contributed by atoms with Gasteiger partial charge in [0.1, 0.15) is 6.54 Å². The molecule has 3 aromatic rings. The summed E-state index contributed by atoms with van der Waals surface area (Å²) in [4.78, 5) is 43.3. The summed E-state index contributed by atoms with van der Waals surface area (Å²) in [6.07, 6.45) is 5.09. The maximum Gasteiger partial charge on any atom is 0.333 e. The number of aromatic nitrogens is 4. The average molecular weight is 446 g/mol. The number of nitrogens with zero attached hydrogens (tertiary/aromatic N) is 4. The largest absolute Gasteiger partial charge is 0.333 e. The normalized spacial score (nSPS) is 11.2.